The molecular formula is C106H159F5N16O4S2. The Kier molecular flexibility index (Phi) is 43.7. The molecule has 3 aromatic carbocycles. The van der Waals surface area contributed by atoms with Crippen LogP contribution in [0.1, 0.15) is 287 Å². The van der Waals surface area contributed by atoms with E-state index in [-0.39, 0.29) is 132 Å². The Labute approximate surface area is 805 Å². The van der Waals surface area contributed by atoms with E-state index >= 15 is 0 Å². The highest BCUT2D eigenvalue weighted by atomic mass is 32.1. The minimum Gasteiger partial charge on any atom is -0.356 e. The van der Waals surface area contributed by atoms with Crippen molar-refractivity contribution in [3.05, 3.63) is 196 Å². The number of amides is 3. The number of carbonyl (C=O) groups is 4. The first-order valence-electron chi connectivity index (χ1n) is 50.7. The minimum atomic E-state index is -2.65. The number of halogens is 5. The van der Waals surface area contributed by atoms with E-state index in [2.05, 4.69) is 135 Å². The van der Waals surface area contributed by atoms with Gasteiger partial charge >= 0.3 is 0 Å². The van der Waals surface area contributed by atoms with Gasteiger partial charge in [-0.3, -0.25) is 53.7 Å². The second kappa shape index (κ2) is 54.5. The van der Waals surface area contributed by atoms with Crippen molar-refractivity contribution in [1.82, 2.24) is 76.3 Å². The molecule has 6 fully saturated rings. The molecule has 3 amide bonds. The van der Waals surface area contributed by atoms with E-state index in [9.17, 15) is 41.1 Å². The lowest BCUT2D eigenvalue weighted by atomic mass is 9.76. The number of ketones is 1. The smallest absolute Gasteiger partial charge is 0.248 e. The number of nitrogens with zero attached hydrogens (tertiary/aromatic N) is 9. The lowest BCUT2D eigenvalue weighted by Crippen LogP contribution is -2.56. The standard InChI is InChI=1S/C36H52F2N6O2.C36H54FN5O.C34H49F2N5O.2H2S/c1-27(45)39-19-5-6-22-44(33-13-7-11-29-12-8-20-41-34(29)33)26-31-25-43(24-21-40-31)23-16-32(28-9-3-2-4-10-28)42-35(46)30-14-17-36(37,38)18-15-30;1-36(37)17-14-29(15-18-36)34(43)25-31(28-9-3-2-4-10-28)16-23-41-24-21-39-32(26-41)27-42(22-6-5-19-38)33-13-7-11-30-12-8-20-40-35(30)33;1-2-3-7-21-41(31-14-8-12-27-13-9-19-38-32(27)31)24-29-23-40(22-20-37-29)25-30(26-10-5-4-6-11-26)39-33(42)28-15-17-34(35,36)18-16-28;;/h2-4,8-10,12,20,30-33,40H,5-7,11,13-19,21-26H2,1H3,(H,39,45)(H,42,46);2-4,8-10,12,20,29,31-33,39H,5-7,11,13-19,21-27,38H2,1H3;4-6,9-11,13,19,28-31,37H,2-3,7-8,12,14-18,20-25H2,1H3,(H,39,42);2*1H2/t31?,32-,33-;29?,31-,32+,33+,36?;29-,30+,31-;;/m010../s1. The van der Waals surface area contributed by atoms with E-state index in [1.807, 2.05) is 79.3 Å². The first-order chi connectivity index (χ1) is 63.6. The Bertz CT molecular complexity index is 4390. The maximum absolute atomic E-state index is 14.4. The Morgan fingerprint density at radius 2 is 0.865 bits per heavy atom. The molecule has 6 aromatic rings. The van der Waals surface area contributed by atoms with Gasteiger partial charge in [0.1, 0.15) is 11.5 Å². The van der Waals surface area contributed by atoms with Crippen LogP contribution in [0, 0.1) is 17.8 Å². The highest BCUT2D eigenvalue weighted by Gasteiger charge is 2.42. The molecule has 0 bridgehead atoms. The third-order valence-electron chi connectivity index (χ3n) is 29.8. The molecule has 0 radical (unpaired) electrons. The van der Waals surface area contributed by atoms with Crippen molar-refractivity contribution in [1.29, 1.82) is 0 Å². The first-order valence-corrected chi connectivity index (χ1v) is 50.7. The zero-order valence-corrected chi connectivity index (χ0v) is 82.0. The molecule has 1 unspecified atom stereocenters. The van der Waals surface area contributed by atoms with Gasteiger partial charge in [0, 0.05) is 192 Å². The summed E-state index contributed by atoms with van der Waals surface area (Å²) in [6.07, 6.45) is 28.8. The van der Waals surface area contributed by atoms with Crippen LogP contribution in [0.3, 0.4) is 0 Å². The fourth-order valence-electron chi connectivity index (χ4n) is 22.2. The number of benzene rings is 3. The average Bonchev–Trinajstić information content (AvgIpc) is 0.807. The van der Waals surface area contributed by atoms with E-state index in [0.29, 0.717) is 87.2 Å². The van der Waals surface area contributed by atoms with Crippen LogP contribution in [0.4, 0.5) is 22.0 Å². The summed E-state index contributed by atoms with van der Waals surface area (Å²) in [6.45, 7) is 24.0. The van der Waals surface area contributed by atoms with Crippen molar-refractivity contribution in [2.75, 3.05) is 131 Å². The largest absolute Gasteiger partial charge is 0.356 e. The number of hydrogen-bond acceptors (Lipinski definition) is 17. The fourth-order valence-corrected chi connectivity index (χ4v) is 22.2. The van der Waals surface area contributed by atoms with E-state index in [1.165, 1.54) is 77.9 Å². The molecule has 6 heterocycles. The van der Waals surface area contributed by atoms with Gasteiger partial charge in [0.05, 0.1) is 47.3 Å². The number of aromatic nitrogens is 3. The summed E-state index contributed by atoms with van der Waals surface area (Å²) in [7, 11) is 0. The number of pyridine rings is 3. The van der Waals surface area contributed by atoms with E-state index in [1.54, 1.807) is 13.8 Å². The molecule has 734 valence electrons. The topological polar surface area (TPSA) is 225 Å². The number of carbonyl (C=O) groups excluding carboxylic acids is 4. The van der Waals surface area contributed by atoms with Crippen LogP contribution in [0.15, 0.2) is 146 Å². The molecule has 9 atom stereocenters. The van der Waals surface area contributed by atoms with Crippen LogP contribution in [-0.2, 0) is 38.4 Å². The Hall–Kier alpha value is -6.86. The number of hydrogen-bond donors (Lipinski definition) is 7. The number of aryl methyl sites for hydroxylation is 3. The predicted molar refractivity (Wildman–Crippen MR) is 534 cm³/mol. The van der Waals surface area contributed by atoms with Crippen molar-refractivity contribution in [2.45, 2.75) is 292 Å². The van der Waals surface area contributed by atoms with Gasteiger partial charge in [-0.1, -0.05) is 129 Å². The molecule has 3 aliphatic heterocycles. The highest BCUT2D eigenvalue weighted by Crippen LogP contribution is 2.42. The van der Waals surface area contributed by atoms with Gasteiger partial charge < -0.3 is 47.4 Å². The Balaban J connectivity index is 0.000000191. The molecule has 6 aliphatic carbocycles. The first kappa shape index (κ1) is 107. The summed E-state index contributed by atoms with van der Waals surface area (Å²) in [5, 5.41) is 20.8. The molecule has 133 heavy (non-hydrogen) atoms. The molecule has 0 spiro atoms. The van der Waals surface area contributed by atoms with Crippen molar-refractivity contribution in [2.24, 2.45) is 23.5 Å². The molecule has 20 nitrogen and oxygen atoms in total. The monoisotopic (exact) mass is 1880 g/mol. The number of unbranched alkanes of at least 4 members (excludes halogenated alkanes) is 4. The summed E-state index contributed by atoms with van der Waals surface area (Å²) >= 11 is 0. The number of Topliss-reactive ketones (excluding diaryl/α,β-unsaturated/α-hetero) is 1. The molecule has 3 saturated heterocycles. The molecule has 15 rings (SSSR count). The van der Waals surface area contributed by atoms with Crippen LogP contribution in [0.5, 0.6) is 0 Å². The van der Waals surface area contributed by atoms with E-state index in [0.717, 1.165) is 206 Å². The molecule has 9 aliphatic rings. The van der Waals surface area contributed by atoms with Gasteiger partial charge in [0.25, 0.3) is 0 Å². The maximum atomic E-state index is 14.4. The molecule has 3 aromatic heterocycles. The zero-order chi connectivity index (χ0) is 91.8. The number of alkyl halides is 5. The molecule has 27 heteroatoms. The SMILES string of the molecule is CC(=O)NCCCCN(CC1CN(CC[C@H](NC(=O)C2CCC(F)(F)CC2)c2ccccc2)CCN1)[C@H]1CCCc2cccnc21.CC1(F)CCC(C(=O)C[C@@H](CCN2CCN[C@H](CN(CCCCN)[C@H]3CCCc4cccnc43)C2)c2ccccc2)CC1.CCCCCN(C[C@@H]1CN(C[C@@H](NC(=O)C2CCC(F)(F)CC2)c2ccccc2)CCN1)[C@H]1CCCc2cccnc21.S.S. The second-order valence-corrected chi connectivity index (χ2v) is 39.8. The highest BCUT2D eigenvalue weighted by molar-refractivity contribution is 7.59. The quantitative estimate of drug-likeness (QED) is 0.0140. The number of piperazine rings is 3. The average molecular weight is 1880 g/mol. The van der Waals surface area contributed by atoms with Gasteiger partial charge in [0.15, 0.2) is 0 Å². The van der Waals surface area contributed by atoms with Crippen molar-refractivity contribution < 1.29 is 41.1 Å². The number of nitrogens with two attached hydrogens (primary N) is 1. The zero-order valence-electron chi connectivity index (χ0n) is 80.0. The van der Waals surface area contributed by atoms with Crippen LogP contribution in [-0.4, -0.2) is 234 Å². The predicted octanol–water partition coefficient (Wildman–Crippen LogP) is 17.0. The van der Waals surface area contributed by atoms with Gasteiger partial charge in [-0.2, -0.15) is 27.0 Å². The van der Waals surface area contributed by atoms with Gasteiger partial charge in [-0.25, -0.2) is 22.0 Å². The summed E-state index contributed by atoms with van der Waals surface area (Å²) < 4.78 is 69.3. The summed E-state index contributed by atoms with van der Waals surface area (Å²) in [5.74, 6) is -5.58. The fraction of sp³-hybridized carbons (Fsp3) is 0.651. The summed E-state index contributed by atoms with van der Waals surface area (Å²) in [6, 6.07) is 45.3. The lowest BCUT2D eigenvalue weighted by molar-refractivity contribution is -0.131. The third-order valence-corrected chi connectivity index (χ3v) is 29.8. The molecule has 3 saturated carbocycles. The third kappa shape index (κ3) is 33.5. The van der Waals surface area contributed by atoms with Crippen LogP contribution < -0.4 is 37.6 Å². The van der Waals surface area contributed by atoms with Crippen molar-refractivity contribution in [3.8, 4) is 0 Å². The molecular weight excluding hydrogens is 1720 g/mol. The van der Waals surface area contributed by atoms with Crippen LogP contribution >= 0.6 is 27.0 Å². The number of fused-ring (bicyclic) bond motifs is 3. The normalized spacial score (nSPS) is 24.1. The van der Waals surface area contributed by atoms with Gasteiger partial charge in [-0.15, -0.1) is 0 Å². The van der Waals surface area contributed by atoms with Crippen molar-refractivity contribution in [3.63, 3.8) is 0 Å². The minimum absolute atomic E-state index is 0. The molecule has 8 N–H and O–H groups in total. The van der Waals surface area contributed by atoms with E-state index in [4.69, 9.17) is 20.7 Å². The van der Waals surface area contributed by atoms with Crippen LogP contribution in [0.2, 0.25) is 0 Å². The lowest BCUT2D eigenvalue weighted by Gasteiger charge is -2.41. The van der Waals surface area contributed by atoms with Gasteiger partial charge in [0.2, 0.25) is 29.6 Å². The Morgan fingerprint density at radius 3 is 1.30 bits per heavy atom. The Morgan fingerprint density at radius 1 is 0.474 bits per heavy atom. The van der Waals surface area contributed by atoms with Crippen molar-refractivity contribution >= 4 is 50.5 Å². The van der Waals surface area contributed by atoms with E-state index < -0.39 is 17.5 Å². The second-order valence-electron chi connectivity index (χ2n) is 39.8. The summed E-state index contributed by atoms with van der Waals surface area (Å²) in [5.41, 5.74) is 16.1. The summed E-state index contributed by atoms with van der Waals surface area (Å²) in [4.78, 5) is 81.3. The number of nitrogens with one attached hydrogen (secondary N) is 6. The van der Waals surface area contributed by atoms with Gasteiger partial charge in [-0.05, 0) is 251 Å². The maximum Gasteiger partial charge on any atom is 0.248 e. The number of rotatable bonds is 40. The van der Waals surface area contributed by atoms with Crippen LogP contribution in [0.25, 0.3) is 0 Å².